The lowest BCUT2D eigenvalue weighted by Gasteiger charge is -2.00. The Bertz CT molecular complexity index is 86.2. The van der Waals surface area contributed by atoms with Gasteiger partial charge in [0.05, 0.1) is 0 Å². The van der Waals surface area contributed by atoms with Crippen LogP contribution in [-0.2, 0) is 0 Å². The van der Waals surface area contributed by atoms with Crippen LogP contribution in [0.1, 0.15) is 0 Å². The number of hydrogen-bond donors (Lipinski definition) is 0. The molecule has 0 radical (unpaired) electrons. The van der Waals surface area contributed by atoms with Gasteiger partial charge >= 0.3 is 4.83 Å². The lowest BCUT2D eigenvalue weighted by Crippen LogP contribution is -2.10. The minimum atomic E-state index is -3.04. The largest absolute Gasteiger partial charge is 0.342 e. The summed E-state index contributed by atoms with van der Waals surface area (Å²) in [6.45, 7) is 0. The molecule has 0 amide bonds. The highest BCUT2D eigenvalue weighted by molar-refractivity contribution is 9.21. The van der Waals surface area contributed by atoms with Crippen molar-refractivity contribution in [2.24, 2.45) is 0 Å². The predicted molar refractivity (Wildman–Crippen MR) is 35.4 cm³/mol. The van der Waals surface area contributed by atoms with Gasteiger partial charge in [-0.2, -0.15) is 8.78 Å². The highest BCUT2D eigenvalue weighted by Gasteiger charge is 2.27. The topological polar surface area (TPSA) is 0 Å². The van der Waals surface area contributed by atoms with Crippen LogP contribution in [-0.4, -0.2) is 8.61 Å². The van der Waals surface area contributed by atoms with E-state index in [1.54, 1.807) is 0 Å². The monoisotopic (exact) mass is 252 g/mol. The molecule has 0 rings (SSSR count). The van der Waals surface area contributed by atoms with Gasteiger partial charge in [-0.15, -0.1) is 0 Å². The quantitative estimate of drug-likeness (QED) is 0.393. The third-order valence-corrected chi connectivity index (χ3v) is 2.17. The van der Waals surface area contributed by atoms with Crippen molar-refractivity contribution in [2.45, 2.75) is 4.83 Å². The Labute approximate surface area is 61.5 Å². The van der Waals surface area contributed by atoms with E-state index in [0.29, 0.717) is 0 Å². The van der Waals surface area contributed by atoms with E-state index in [-0.39, 0.29) is 0 Å². The fourth-order valence-electron chi connectivity index (χ4n) is 0. The Morgan fingerprint density at radius 1 is 1.57 bits per heavy atom. The van der Waals surface area contributed by atoms with Gasteiger partial charge in [0.1, 0.15) is 3.77 Å². The van der Waals surface area contributed by atoms with Crippen LogP contribution in [0.4, 0.5) is 8.78 Å². The average Bonchev–Trinajstić information content (AvgIpc) is 1.31. The molecule has 0 saturated heterocycles. The number of halogens is 4. The van der Waals surface area contributed by atoms with E-state index in [4.69, 9.17) is 0 Å². The molecule has 0 aromatic heterocycles. The van der Waals surface area contributed by atoms with Crippen LogP contribution in [0.2, 0.25) is 0 Å². The Morgan fingerprint density at radius 3 is 1.71 bits per heavy atom. The molecular formula is C2Br2F2S. The zero-order valence-electron chi connectivity index (χ0n) is 2.92. The molecule has 0 N–H and O–H groups in total. The molecule has 0 atom stereocenters. The molecule has 7 heavy (non-hydrogen) atoms. The molecule has 0 aliphatic rings. The maximum absolute atomic E-state index is 11.6. The highest BCUT2D eigenvalue weighted by Crippen LogP contribution is 2.26. The molecule has 0 fully saturated rings. The Balaban J connectivity index is 3.79. The maximum Gasteiger partial charge on any atom is 0.342 e. The molecule has 0 heterocycles. The van der Waals surface area contributed by atoms with Crippen LogP contribution in [0.3, 0.4) is 0 Å². The van der Waals surface area contributed by atoms with Crippen molar-refractivity contribution in [3.05, 3.63) is 0 Å². The first-order chi connectivity index (χ1) is 2.94. The molecule has 0 nitrogen and oxygen atoms in total. The Kier molecular flexibility index (Phi) is 2.78. The first kappa shape index (κ1) is 7.91. The van der Waals surface area contributed by atoms with Crippen LogP contribution in [0, 0.1) is 0 Å². The lowest BCUT2D eigenvalue weighted by molar-refractivity contribution is 0.200. The summed E-state index contributed by atoms with van der Waals surface area (Å²) in [6, 6.07) is 0. The summed E-state index contributed by atoms with van der Waals surface area (Å²) in [5.41, 5.74) is 0. The van der Waals surface area contributed by atoms with Crippen LogP contribution >= 0.6 is 44.1 Å². The number of thiocarbonyl (C=S) groups is 1. The van der Waals surface area contributed by atoms with Crippen LogP contribution in [0.5, 0.6) is 0 Å². The zero-order valence-corrected chi connectivity index (χ0v) is 6.91. The van der Waals surface area contributed by atoms with Crippen molar-refractivity contribution in [2.75, 3.05) is 0 Å². The molecular weight excluding hydrogens is 254 g/mol. The molecule has 5 heteroatoms. The van der Waals surface area contributed by atoms with Gasteiger partial charge in [-0.1, -0.05) is 12.2 Å². The van der Waals surface area contributed by atoms with E-state index in [1.165, 1.54) is 0 Å². The van der Waals surface area contributed by atoms with Crippen molar-refractivity contribution in [3.63, 3.8) is 0 Å². The second kappa shape index (κ2) is 2.46. The number of rotatable bonds is 1. The molecule has 42 valence electrons. The van der Waals surface area contributed by atoms with Gasteiger partial charge in [0.25, 0.3) is 0 Å². The zero-order chi connectivity index (χ0) is 6.08. The standard InChI is InChI=1S/C2Br2F2S/c3-1(7)2(4,5)6. The summed E-state index contributed by atoms with van der Waals surface area (Å²) in [6.07, 6.45) is 0. The number of hydrogen-bond acceptors (Lipinski definition) is 1. The Hall–Kier alpha value is 0.910. The SMILES string of the molecule is FC(F)(Br)C(=S)Br. The normalized spacial score (nSPS) is 11.4. The van der Waals surface area contributed by atoms with Gasteiger partial charge in [-0.3, -0.25) is 0 Å². The minimum Gasteiger partial charge on any atom is -0.187 e. The van der Waals surface area contributed by atoms with Crippen LogP contribution < -0.4 is 0 Å². The molecule has 0 unspecified atom stereocenters. The molecule has 0 aliphatic carbocycles. The Morgan fingerprint density at radius 2 is 1.71 bits per heavy atom. The lowest BCUT2D eigenvalue weighted by atomic mass is 10.9. The van der Waals surface area contributed by atoms with Gasteiger partial charge in [0.15, 0.2) is 0 Å². The molecule has 0 aliphatic heterocycles. The highest BCUT2D eigenvalue weighted by atomic mass is 79.9. The summed E-state index contributed by atoms with van der Waals surface area (Å²) in [7, 11) is 0. The maximum atomic E-state index is 11.6. The van der Waals surface area contributed by atoms with E-state index < -0.39 is 8.61 Å². The van der Waals surface area contributed by atoms with Crippen LogP contribution in [0.25, 0.3) is 0 Å². The van der Waals surface area contributed by atoms with Gasteiger partial charge in [-0.05, 0) is 31.9 Å². The van der Waals surface area contributed by atoms with Gasteiger partial charge < -0.3 is 0 Å². The van der Waals surface area contributed by atoms with E-state index >= 15 is 0 Å². The predicted octanol–water partition coefficient (Wildman–Crippen LogP) is 2.70. The second-order valence-electron chi connectivity index (χ2n) is 0.771. The molecule has 0 bridgehead atoms. The smallest absolute Gasteiger partial charge is 0.187 e. The summed E-state index contributed by atoms with van der Waals surface area (Å²) in [5, 5.41) is 0. The van der Waals surface area contributed by atoms with Gasteiger partial charge in [0, 0.05) is 0 Å². The minimum absolute atomic E-state index is 0.528. The summed E-state index contributed by atoms with van der Waals surface area (Å²) < 4.78 is 22.6. The van der Waals surface area contributed by atoms with E-state index in [9.17, 15) is 8.78 Å². The van der Waals surface area contributed by atoms with Gasteiger partial charge in [0.2, 0.25) is 0 Å². The van der Waals surface area contributed by atoms with Crippen molar-refractivity contribution < 1.29 is 8.78 Å². The van der Waals surface area contributed by atoms with Crippen LogP contribution in [0.15, 0.2) is 0 Å². The second-order valence-corrected chi connectivity index (χ2v) is 3.49. The summed E-state index contributed by atoms with van der Waals surface area (Å²) in [5.74, 6) is 0. The molecule has 0 spiro atoms. The van der Waals surface area contributed by atoms with E-state index in [1.807, 2.05) is 15.9 Å². The van der Waals surface area contributed by atoms with Crippen molar-refractivity contribution in [1.29, 1.82) is 0 Å². The van der Waals surface area contributed by atoms with Crippen molar-refractivity contribution >= 4 is 47.9 Å². The molecule has 0 saturated carbocycles. The van der Waals surface area contributed by atoms with Gasteiger partial charge in [-0.25, -0.2) is 0 Å². The van der Waals surface area contributed by atoms with Crippen molar-refractivity contribution in [3.8, 4) is 0 Å². The summed E-state index contributed by atoms with van der Waals surface area (Å²) >= 11 is 8.50. The molecule has 0 aromatic rings. The first-order valence-corrected chi connectivity index (χ1v) is 3.20. The third-order valence-electron chi connectivity index (χ3n) is 0.223. The number of alkyl halides is 3. The summed E-state index contributed by atoms with van der Waals surface area (Å²) in [4.78, 5) is -3.04. The van der Waals surface area contributed by atoms with E-state index in [2.05, 4.69) is 28.1 Å². The first-order valence-electron chi connectivity index (χ1n) is 1.21. The average molecular weight is 254 g/mol. The van der Waals surface area contributed by atoms with Crippen molar-refractivity contribution in [1.82, 2.24) is 0 Å². The third kappa shape index (κ3) is 3.49. The fourth-order valence-corrected chi connectivity index (χ4v) is 0. The molecule has 0 aromatic carbocycles. The van der Waals surface area contributed by atoms with E-state index in [0.717, 1.165) is 0 Å². The fraction of sp³-hybridized carbons (Fsp3) is 0.500.